The molecule has 8 nitrogen and oxygen atoms in total. The first-order chi connectivity index (χ1) is 13.5. The van der Waals surface area contributed by atoms with Gasteiger partial charge in [-0.2, -0.15) is 5.10 Å². The standard InChI is InChI=1S/C20H22N4O4/c1-12(2)24-18-15(11-21-24)14(10-16(22-18)17-4-3-9-28-17)19(25)23-7-5-13(6-8-23)20(26)27/h3-4,9-13H,5-8H2,1-2H3,(H,26,27). The lowest BCUT2D eigenvalue weighted by molar-refractivity contribution is -0.143. The zero-order valence-corrected chi connectivity index (χ0v) is 15.8. The molecule has 0 bridgehead atoms. The molecule has 1 aliphatic heterocycles. The number of aromatic nitrogens is 3. The number of furan rings is 1. The maximum absolute atomic E-state index is 13.3. The van der Waals surface area contributed by atoms with Crippen molar-refractivity contribution in [1.29, 1.82) is 0 Å². The summed E-state index contributed by atoms with van der Waals surface area (Å²) in [6.45, 7) is 4.86. The van der Waals surface area contributed by atoms with E-state index in [-0.39, 0.29) is 17.9 Å². The number of likely N-dealkylation sites (tertiary alicyclic amines) is 1. The maximum atomic E-state index is 13.3. The molecule has 1 aliphatic rings. The number of rotatable bonds is 4. The third-order valence-electron chi connectivity index (χ3n) is 5.19. The normalized spacial score (nSPS) is 15.5. The highest BCUT2D eigenvalue weighted by Gasteiger charge is 2.29. The van der Waals surface area contributed by atoms with Crippen LogP contribution in [0.2, 0.25) is 0 Å². The highest BCUT2D eigenvalue weighted by atomic mass is 16.4. The molecule has 8 heteroatoms. The van der Waals surface area contributed by atoms with Gasteiger partial charge in [-0.1, -0.05) is 0 Å². The third kappa shape index (κ3) is 3.15. The Labute approximate surface area is 161 Å². The molecule has 0 aromatic carbocycles. The van der Waals surface area contributed by atoms with Crippen molar-refractivity contribution >= 4 is 22.9 Å². The maximum Gasteiger partial charge on any atom is 0.306 e. The van der Waals surface area contributed by atoms with Crippen LogP contribution in [0.15, 0.2) is 35.1 Å². The van der Waals surface area contributed by atoms with Gasteiger partial charge in [-0.15, -0.1) is 0 Å². The topological polar surface area (TPSA) is 101 Å². The molecule has 1 fully saturated rings. The molecule has 1 saturated heterocycles. The number of nitrogens with zero attached hydrogens (tertiary/aromatic N) is 4. The van der Waals surface area contributed by atoms with Gasteiger partial charge in [-0.25, -0.2) is 9.67 Å². The van der Waals surface area contributed by atoms with Gasteiger partial charge in [-0.05, 0) is 44.9 Å². The Morgan fingerprint density at radius 1 is 1.29 bits per heavy atom. The molecule has 0 aliphatic carbocycles. The molecular formula is C20H22N4O4. The fraction of sp³-hybridized carbons (Fsp3) is 0.400. The Bertz CT molecular complexity index is 1010. The molecule has 28 heavy (non-hydrogen) atoms. The van der Waals surface area contributed by atoms with Crippen molar-refractivity contribution in [1.82, 2.24) is 19.7 Å². The van der Waals surface area contributed by atoms with Crippen molar-refractivity contribution in [3.63, 3.8) is 0 Å². The van der Waals surface area contributed by atoms with Crippen molar-refractivity contribution in [2.75, 3.05) is 13.1 Å². The Morgan fingerprint density at radius 3 is 2.64 bits per heavy atom. The van der Waals surface area contributed by atoms with Gasteiger partial charge >= 0.3 is 5.97 Å². The van der Waals surface area contributed by atoms with Crippen LogP contribution >= 0.6 is 0 Å². The Kier molecular flexibility index (Phi) is 4.62. The first kappa shape index (κ1) is 18.2. The van der Waals surface area contributed by atoms with Crippen LogP contribution in [-0.2, 0) is 4.79 Å². The zero-order chi connectivity index (χ0) is 19.8. The minimum absolute atomic E-state index is 0.0890. The average Bonchev–Trinajstić information content (AvgIpc) is 3.36. The quantitative estimate of drug-likeness (QED) is 0.743. The monoisotopic (exact) mass is 382 g/mol. The third-order valence-corrected chi connectivity index (χ3v) is 5.19. The summed E-state index contributed by atoms with van der Waals surface area (Å²) in [5, 5.41) is 14.3. The molecule has 4 rings (SSSR count). The number of carbonyl (C=O) groups excluding carboxylic acids is 1. The molecule has 0 saturated carbocycles. The van der Waals surface area contributed by atoms with E-state index in [1.807, 2.05) is 13.8 Å². The predicted molar refractivity (Wildman–Crippen MR) is 102 cm³/mol. The number of hydrogen-bond donors (Lipinski definition) is 1. The molecule has 1 N–H and O–H groups in total. The highest BCUT2D eigenvalue weighted by molar-refractivity contribution is 6.06. The Hall–Kier alpha value is -3.16. The van der Waals surface area contributed by atoms with Gasteiger partial charge < -0.3 is 14.4 Å². The largest absolute Gasteiger partial charge is 0.481 e. The van der Waals surface area contributed by atoms with Crippen LogP contribution in [0.3, 0.4) is 0 Å². The molecule has 1 amide bonds. The van der Waals surface area contributed by atoms with Crippen molar-refractivity contribution in [2.24, 2.45) is 5.92 Å². The summed E-state index contributed by atoms with van der Waals surface area (Å²) >= 11 is 0. The molecule has 0 atom stereocenters. The molecule has 3 aromatic heterocycles. The summed E-state index contributed by atoms with van der Waals surface area (Å²) in [6.07, 6.45) is 4.17. The van der Waals surface area contributed by atoms with E-state index in [4.69, 9.17) is 4.42 Å². The van der Waals surface area contributed by atoms with Crippen LogP contribution in [0.4, 0.5) is 0 Å². The van der Waals surface area contributed by atoms with E-state index >= 15 is 0 Å². The number of hydrogen-bond acceptors (Lipinski definition) is 5. The number of carboxylic acid groups (broad SMARTS) is 1. The first-order valence-electron chi connectivity index (χ1n) is 9.40. The van der Waals surface area contributed by atoms with E-state index in [1.54, 1.807) is 40.2 Å². The van der Waals surface area contributed by atoms with Crippen LogP contribution in [0.25, 0.3) is 22.5 Å². The van der Waals surface area contributed by atoms with E-state index in [9.17, 15) is 14.7 Å². The van der Waals surface area contributed by atoms with Crippen molar-refractivity contribution in [3.8, 4) is 11.5 Å². The van der Waals surface area contributed by atoms with E-state index in [0.29, 0.717) is 54.0 Å². The second-order valence-electron chi connectivity index (χ2n) is 7.36. The minimum Gasteiger partial charge on any atom is -0.481 e. The van der Waals surface area contributed by atoms with Crippen LogP contribution in [0.5, 0.6) is 0 Å². The second kappa shape index (κ2) is 7.10. The number of amides is 1. The van der Waals surface area contributed by atoms with Gasteiger partial charge in [0, 0.05) is 19.1 Å². The number of fused-ring (bicyclic) bond motifs is 1. The fourth-order valence-corrected chi connectivity index (χ4v) is 3.62. The van der Waals surface area contributed by atoms with E-state index in [2.05, 4.69) is 10.1 Å². The van der Waals surface area contributed by atoms with Crippen LogP contribution < -0.4 is 0 Å². The Balaban J connectivity index is 1.75. The predicted octanol–water partition coefficient (Wildman–Crippen LogP) is 3.21. The summed E-state index contributed by atoms with van der Waals surface area (Å²) in [4.78, 5) is 30.9. The number of carbonyl (C=O) groups is 2. The number of piperidine rings is 1. The van der Waals surface area contributed by atoms with E-state index in [1.165, 1.54) is 0 Å². The van der Waals surface area contributed by atoms with Gasteiger partial charge in [0.2, 0.25) is 0 Å². The smallest absolute Gasteiger partial charge is 0.306 e. The second-order valence-corrected chi connectivity index (χ2v) is 7.36. The van der Waals surface area contributed by atoms with Gasteiger partial charge in [0.15, 0.2) is 11.4 Å². The van der Waals surface area contributed by atoms with Crippen molar-refractivity contribution in [2.45, 2.75) is 32.7 Å². The average molecular weight is 382 g/mol. The summed E-state index contributed by atoms with van der Waals surface area (Å²) in [7, 11) is 0. The van der Waals surface area contributed by atoms with Crippen LogP contribution in [0.1, 0.15) is 43.1 Å². The molecule has 3 aromatic rings. The SMILES string of the molecule is CC(C)n1ncc2c(C(=O)N3CCC(C(=O)O)CC3)cc(-c3ccco3)nc21. The van der Waals surface area contributed by atoms with Gasteiger partial charge in [0.1, 0.15) is 5.69 Å². The first-order valence-corrected chi connectivity index (χ1v) is 9.40. The molecule has 146 valence electrons. The van der Waals surface area contributed by atoms with Crippen molar-refractivity contribution in [3.05, 3.63) is 36.2 Å². The zero-order valence-electron chi connectivity index (χ0n) is 15.8. The fourth-order valence-electron chi connectivity index (χ4n) is 3.62. The van der Waals surface area contributed by atoms with Crippen LogP contribution in [0, 0.1) is 5.92 Å². The molecule has 0 radical (unpaired) electrons. The lowest BCUT2D eigenvalue weighted by Gasteiger charge is -2.30. The lowest BCUT2D eigenvalue weighted by Crippen LogP contribution is -2.40. The summed E-state index contributed by atoms with van der Waals surface area (Å²) in [5.74, 6) is -0.731. The number of pyridine rings is 1. The highest BCUT2D eigenvalue weighted by Crippen LogP contribution is 2.28. The van der Waals surface area contributed by atoms with E-state index in [0.717, 1.165) is 0 Å². The van der Waals surface area contributed by atoms with Gasteiger partial charge in [0.05, 0.1) is 29.3 Å². The molecule has 0 unspecified atom stereocenters. The molecule has 0 spiro atoms. The van der Waals surface area contributed by atoms with E-state index < -0.39 is 5.97 Å². The van der Waals surface area contributed by atoms with Crippen LogP contribution in [-0.4, -0.2) is 49.7 Å². The summed E-state index contributed by atoms with van der Waals surface area (Å²) in [6, 6.07) is 5.40. The molecular weight excluding hydrogens is 360 g/mol. The van der Waals surface area contributed by atoms with Crippen molar-refractivity contribution < 1.29 is 19.1 Å². The number of carboxylic acids is 1. The Morgan fingerprint density at radius 2 is 2.04 bits per heavy atom. The van der Waals surface area contributed by atoms with Gasteiger partial charge in [-0.3, -0.25) is 9.59 Å². The minimum atomic E-state index is -0.795. The summed E-state index contributed by atoms with van der Waals surface area (Å²) in [5.41, 5.74) is 1.72. The molecule has 4 heterocycles. The summed E-state index contributed by atoms with van der Waals surface area (Å²) < 4.78 is 7.27. The van der Waals surface area contributed by atoms with Gasteiger partial charge in [0.25, 0.3) is 5.91 Å². The lowest BCUT2D eigenvalue weighted by atomic mass is 9.96. The number of aliphatic carboxylic acids is 1.